The van der Waals surface area contributed by atoms with Gasteiger partial charge in [0.1, 0.15) is 5.75 Å². The summed E-state index contributed by atoms with van der Waals surface area (Å²) in [7, 11) is 1.84. The minimum Gasteiger partial charge on any atom is -0.483 e. The van der Waals surface area contributed by atoms with Crippen LogP contribution in [-0.4, -0.2) is 56.3 Å². The van der Waals surface area contributed by atoms with Crippen LogP contribution >= 0.6 is 12.4 Å². The Hall–Kier alpha value is -1.30. The Bertz CT molecular complexity index is 526. The number of nitrogens with zero attached hydrogens (tertiary/aromatic N) is 1. The second-order valence-electron chi connectivity index (χ2n) is 5.99. The van der Waals surface area contributed by atoms with Gasteiger partial charge in [0.15, 0.2) is 6.61 Å². The molecule has 23 heavy (non-hydrogen) atoms. The number of nitrogens with one attached hydrogen (secondary N) is 1. The fourth-order valence-electron chi connectivity index (χ4n) is 3.13. The minimum absolute atomic E-state index is 0. The molecule has 0 radical (unpaired) electrons. The van der Waals surface area contributed by atoms with Gasteiger partial charge in [-0.15, -0.1) is 12.4 Å². The van der Waals surface area contributed by atoms with Gasteiger partial charge in [0.2, 0.25) is 0 Å². The highest BCUT2D eigenvalue weighted by molar-refractivity contribution is 5.85. The van der Waals surface area contributed by atoms with Crippen LogP contribution in [0.15, 0.2) is 24.3 Å². The molecule has 1 aromatic carbocycles. The quantitative estimate of drug-likeness (QED) is 0.780. The highest BCUT2D eigenvalue weighted by atomic mass is 35.5. The number of amides is 1. The third-order valence-electron chi connectivity index (χ3n) is 4.52. The molecule has 1 amide bonds. The number of carbonyl (C=O) groups is 1. The maximum absolute atomic E-state index is 12.4. The Morgan fingerprint density at radius 2 is 2.04 bits per heavy atom. The summed E-state index contributed by atoms with van der Waals surface area (Å²) in [6.07, 6.45) is 3.12. The van der Waals surface area contributed by atoms with E-state index >= 15 is 0 Å². The van der Waals surface area contributed by atoms with Gasteiger partial charge in [0.05, 0.1) is 12.1 Å². The molecule has 1 aromatic rings. The van der Waals surface area contributed by atoms with Crippen LogP contribution in [0.3, 0.4) is 0 Å². The van der Waals surface area contributed by atoms with Crippen LogP contribution < -0.4 is 10.1 Å². The molecule has 0 aromatic heterocycles. The van der Waals surface area contributed by atoms with Crippen molar-refractivity contribution < 1.29 is 14.3 Å². The molecule has 3 rings (SSSR count). The summed E-state index contributed by atoms with van der Waals surface area (Å²) in [6, 6.07) is 8.07. The van der Waals surface area contributed by atoms with Gasteiger partial charge in [0.25, 0.3) is 5.91 Å². The first-order valence-electron chi connectivity index (χ1n) is 8.04. The lowest BCUT2D eigenvalue weighted by atomic mass is 10.1. The van der Waals surface area contributed by atoms with E-state index in [1.807, 2.05) is 25.2 Å². The van der Waals surface area contributed by atoms with Gasteiger partial charge in [-0.1, -0.05) is 18.2 Å². The molecule has 0 saturated carbocycles. The van der Waals surface area contributed by atoms with Crippen LogP contribution in [-0.2, 0) is 16.0 Å². The van der Waals surface area contributed by atoms with E-state index in [4.69, 9.17) is 9.47 Å². The van der Waals surface area contributed by atoms with Gasteiger partial charge >= 0.3 is 0 Å². The second kappa shape index (κ2) is 8.52. The zero-order valence-corrected chi connectivity index (χ0v) is 14.3. The predicted molar refractivity (Wildman–Crippen MR) is 91.3 cm³/mol. The molecular formula is C17H25ClN2O3. The predicted octanol–water partition coefficient (Wildman–Crippen LogP) is 1.64. The summed E-state index contributed by atoms with van der Waals surface area (Å²) in [5.41, 5.74) is 1.17. The van der Waals surface area contributed by atoms with Crippen molar-refractivity contribution in [1.82, 2.24) is 10.2 Å². The molecular weight excluding hydrogens is 316 g/mol. The third kappa shape index (κ3) is 4.37. The van der Waals surface area contributed by atoms with Crippen molar-refractivity contribution >= 4 is 18.3 Å². The monoisotopic (exact) mass is 340 g/mol. The number of para-hydroxylation sites is 1. The highest BCUT2D eigenvalue weighted by Gasteiger charge is 2.33. The van der Waals surface area contributed by atoms with Crippen molar-refractivity contribution in [3.05, 3.63) is 29.8 Å². The van der Waals surface area contributed by atoms with Gasteiger partial charge in [-0.2, -0.15) is 0 Å². The number of benzene rings is 1. The first kappa shape index (κ1) is 18.0. The highest BCUT2D eigenvalue weighted by Crippen LogP contribution is 2.21. The van der Waals surface area contributed by atoms with Crippen LogP contribution in [0.5, 0.6) is 5.75 Å². The third-order valence-corrected chi connectivity index (χ3v) is 4.52. The number of fused-ring (bicyclic) bond motifs is 2. The average molecular weight is 341 g/mol. The minimum atomic E-state index is -0.00338. The summed E-state index contributed by atoms with van der Waals surface area (Å²) in [5.74, 6) is 0.821. The molecule has 1 fully saturated rings. The molecule has 0 spiro atoms. The van der Waals surface area contributed by atoms with E-state index in [1.165, 1.54) is 5.56 Å². The average Bonchev–Trinajstić information content (AvgIpc) is 3.00. The molecule has 2 heterocycles. The molecule has 0 aliphatic carbocycles. The standard InChI is InChI=1S/C17H24N2O3.ClH/c1-19-14-10-18-11-16(14)21-9-5-4-7-13-6-2-3-8-15(13)22-12-17(19)20;/h2-3,6,8,14,16,18H,4-5,7,9-12H2,1H3;1H/t14-,16+;/m0./s1. The topological polar surface area (TPSA) is 50.8 Å². The lowest BCUT2D eigenvalue weighted by Crippen LogP contribution is -2.47. The Morgan fingerprint density at radius 3 is 2.91 bits per heavy atom. The van der Waals surface area contributed by atoms with Gasteiger partial charge in [-0.05, 0) is 30.9 Å². The summed E-state index contributed by atoms with van der Waals surface area (Å²) < 4.78 is 11.8. The van der Waals surface area contributed by atoms with E-state index in [9.17, 15) is 4.79 Å². The Balaban J connectivity index is 0.00000192. The van der Waals surface area contributed by atoms with Gasteiger partial charge in [0, 0.05) is 26.7 Å². The first-order valence-corrected chi connectivity index (χ1v) is 8.04. The number of likely N-dealkylation sites (N-methyl/N-ethyl adjacent to an activating group) is 1. The fourth-order valence-corrected chi connectivity index (χ4v) is 3.13. The van der Waals surface area contributed by atoms with Crippen molar-refractivity contribution in [2.75, 3.05) is 33.4 Å². The van der Waals surface area contributed by atoms with Gasteiger partial charge in [-0.3, -0.25) is 4.79 Å². The van der Waals surface area contributed by atoms with Gasteiger partial charge in [-0.25, -0.2) is 0 Å². The molecule has 128 valence electrons. The van der Waals surface area contributed by atoms with Crippen molar-refractivity contribution in [1.29, 1.82) is 0 Å². The van der Waals surface area contributed by atoms with Crippen molar-refractivity contribution in [3.63, 3.8) is 0 Å². The molecule has 5 nitrogen and oxygen atoms in total. The molecule has 2 atom stereocenters. The number of halogens is 1. The summed E-state index contributed by atoms with van der Waals surface area (Å²) >= 11 is 0. The molecule has 0 unspecified atom stereocenters. The SMILES string of the molecule is CN1C(=O)COc2ccccc2CCCCO[C@@H]2CNC[C@@H]21.Cl. The number of rotatable bonds is 0. The summed E-state index contributed by atoms with van der Waals surface area (Å²) in [5, 5.41) is 3.31. The smallest absolute Gasteiger partial charge is 0.260 e. The number of ether oxygens (including phenoxy) is 2. The molecule has 2 aliphatic rings. The van der Waals surface area contributed by atoms with E-state index < -0.39 is 0 Å². The maximum atomic E-state index is 12.4. The maximum Gasteiger partial charge on any atom is 0.260 e. The molecule has 1 N–H and O–H groups in total. The van der Waals surface area contributed by atoms with E-state index in [1.54, 1.807) is 4.90 Å². The fraction of sp³-hybridized carbons (Fsp3) is 0.588. The number of carbonyl (C=O) groups excluding carboxylic acids is 1. The van der Waals surface area contributed by atoms with E-state index in [0.717, 1.165) is 44.7 Å². The molecule has 6 heteroatoms. The molecule has 1 saturated heterocycles. The Morgan fingerprint density at radius 1 is 1.22 bits per heavy atom. The van der Waals surface area contributed by atoms with Crippen LogP contribution in [0, 0.1) is 0 Å². The van der Waals surface area contributed by atoms with E-state index in [0.29, 0.717) is 0 Å². The van der Waals surface area contributed by atoms with Crippen LogP contribution in [0.2, 0.25) is 0 Å². The zero-order chi connectivity index (χ0) is 15.4. The molecule has 0 bridgehead atoms. The largest absolute Gasteiger partial charge is 0.483 e. The lowest BCUT2D eigenvalue weighted by Gasteiger charge is -2.28. The number of hydrogen-bond donors (Lipinski definition) is 1. The van der Waals surface area contributed by atoms with Crippen LogP contribution in [0.25, 0.3) is 0 Å². The number of hydrogen-bond acceptors (Lipinski definition) is 4. The normalized spacial score (nSPS) is 25.8. The zero-order valence-electron chi connectivity index (χ0n) is 13.5. The van der Waals surface area contributed by atoms with Crippen molar-refractivity contribution in [2.45, 2.75) is 31.4 Å². The van der Waals surface area contributed by atoms with E-state index in [-0.39, 0.29) is 37.1 Å². The summed E-state index contributed by atoms with van der Waals surface area (Å²) in [4.78, 5) is 14.2. The molecule has 2 aliphatic heterocycles. The summed E-state index contributed by atoms with van der Waals surface area (Å²) in [6.45, 7) is 2.41. The van der Waals surface area contributed by atoms with E-state index in [2.05, 4.69) is 11.4 Å². The van der Waals surface area contributed by atoms with Crippen LogP contribution in [0.1, 0.15) is 18.4 Å². The first-order chi connectivity index (χ1) is 10.8. The van der Waals surface area contributed by atoms with Gasteiger partial charge < -0.3 is 19.7 Å². The number of aryl methyl sites for hydroxylation is 1. The Labute approximate surface area is 143 Å². The lowest BCUT2D eigenvalue weighted by molar-refractivity contribution is -0.136. The van der Waals surface area contributed by atoms with Crippen molar-refractivity contribution in [3.8, 4) is 5.75 Å². The Kier molecular flexibility index (Phi) is 6.69. The van der Waals surface area contributed by atoms with Crippen LogP contribution in [0.4, 0.5) is 0 Å². The van der Waals surface area contributed by atoms with Crippen molar-refractivity contribution in [2.24, 2.45) is 0 Å². The second-order valence-corrected chi connectivity index (χ2v) is 5.99.